The second-order valence-corrected chi connectivity index (χ2v) is 3.14. The van der Waals surface area contributed by atoms with Gasteiger partial charge in [0.1, 0.15) is 0 Å². The third kappa shape index (κ3) is 0.992. The lowest BCUT2D eigenvalue weighted by Gasteiger charge is -2.03. The van der Waals surface area contributed by atoms with E-state index in [0.29, 0.717) is 0 Å². The van der Waals surface area contributed by atoms with E-state index in [-0.39, 0.29) is 6.04 Å². The quantitative estimate of drug-likeness (QED) is 0.576. The summed E-state index contributed by atoms with van der Waals surface area (Å²) in [5.74, 6) is 0. The number of fused-ring (bicyclic) bond motifs is 1. The van der Waals surface area contributed by atoms with E-state index in [4.69, 9.17) is 12.3 Å². The maximum atomic E-state index is 6.85. The van der Waals surface area contributed by atoms with E-state index in [1.165, 1.54) is 11.1 Å². The molecule has 0 aromatic heterocycles. The molecule has 0 saturated carbocycles. The molecule has 0 unspecified atom stereocenters. The van der Waals surface area contributed by atoms with Gasteiger partial charge in [-0.25, -0.2) is 4.85 Å². The van der Waals surface area contributed by atoms with Crippen molar-refractivity contribution in [2.45, 2.75) is 18.9 Å². The number of hydrogen-bond acceptors (Lipinski definition) is 1. The molecule has 1 aliphatic rings. The van der Waals surface area contributed by atoms with E-state index in [2.05, 4.69) is 4.85 Å². The smallest absolute Gasteiger partial charge is 0.187 e. The van der Waals surface area contributed by atoms with E-state index in [0.717, 1.165) is 18.5 Å². The third-order valence-corrected chi connectivity index (χ3v) is 2.38. The summed E-state index contributed by atoms with van der Waals surface area (Å²) < 4.78 is 0. The summed E-state index contributed by atoms with van der Waals surface area (Å²) in [5, 5.41) is 0. The molecule has 0 radical (unpaired) electrons. The van der Waals surface area contributed by atoms with Crippen molar-refractivity contribution in [3.8, 4) is 0 Å². The largest absolute Gasteiger partial charge is 0.324 e. The van der Waals surface area contributed by atoms with Crippen LogP contribution in [0.3, 0.4) is 0 Å². The number of nitrogens with two attached hydrogens (primary N) is 1. The van der Waals surface area contributed by atoms with Crippen LogP contribution in [0.1, 0.15) is 23.6 Å². The zero-order valence-corrected chi connectivity index (χ0v) is 6.75. The molecule has 60 valence electrons. The zero-order chi connectivity index (χ0) is 8.55. The Kier molecular flexibility index (Phi) is 1.60. The minimum absolute atomic E-state index is 0.194. The number of rotatable bonds is 0. The molecule has 0 fully saturated rings. The molecule has 0 spiro atoms. The minimum atomic E-state index is 0.194. The van der Waals surface area contributed by atoms with Crippen LogP contribution in [0, 0.1) is 6.57 Å². The van der Waals surface area contributed by atoms with Crippen molar-refractivity contribution in [3.63, 3.8) is 0 Å². The fourth-order valence-electron chi connectivity index (χ4n) is 1.71. The van der Waals surface area contributed by atoms with Crippen molar-refractivity contribution < 1.29 is 0 Å². The van der Waals surface area contributed by atoms with Crippen LogP contribution in [-0.4, -0.2) is 0 Å². The van der Waals surface area contributed by atoms with Gasteiger partial charge >= 0.3 is 0 Å². The highest BCUT2D eigenvalue weighted by molar-refractivity contribution is 5.51. The molecule has 0 saturated heterocycles. The number of aryl methyl sites for hydroxylation is 1. The van der Waals surface area contributed by atoms with Crippen LogP contribution >= 0.6 is 0 Å². The van der Waals surface area contributed by atoms with Crippen LogP contribution < -0.4 is 5.73 Å². The standard InChI is InChI=1S/C10H10N2/c1-12-8-3-4-9-7(6-8)2-5-10(9)11/h3-4,6,10H,2,5,11H2/t10-/m1/s1. The van der Waals surface area contributed by atoms with Gasteiger partial charge in [0.05, 0.1) is 6.57 Å². The van der Waals surface area contributed by atoms with Gasteiger partial charge in [-0.2, -0.15) is 0 Å². The molecule has 2 heteroatoms. The molecule has 2 N–H and O–H groups in total. The molecule has 1 atom stereocenters. The van der Waals surface area contributed by atoms with Gasteiger partial charge < -0.3 is 5.73 Å². The number of hydrogen-bond donors (Lipinski definition) is 1. The van der Waals surface area contributed by atoms with Crippen molar-refractivity contribution >= 4 is 5.69 Å². The Bertz CT molecular complexity index is 349. The SMILES string of the molecule is [C-]#[N+]c1ccc2c(c1)CC[C@H]2N. The average Bonchev–Trinajstić information content (AvgIpc) is 2.47. The summed E-state index contributed by atoms with van der Waals surface area (Å²) in [6, 6.07) is 5.98. The maximum absolute atomic E-state index is 6.85. The summed E-state index contributed by atoms with van der Waals surface area (Å²) >= 11 is 0. The Labute approximate surface area is 71.8 Å². The first-order valence-electron chi connectivity index (χ1n) is 4.07. The van der Waals surface area contributed by atoms with Crippen molar-refractivity contribution in [1.82, 2.24) is 0 Å². The van der Waals surface area contributed by atoms with E-state index in [1.807, 2.05) is 18.2 Å². The monoisotopic (exact) mass is 158 g/mol. The fourth-order valence-corrected chi connectivity index (χ4v) is 1.71. The predicted octanol–water partition coefficient (Wildman–Crippen LogP) is 2.18. The molecule has 1 aromatic carbocycles. The zero-order valence-electron chi connectivity index (χ0n) is 6.75. The van der Waals surface area contributed by atoms with Gasteiger partial charge in [0.25, 0.3) is 0 Å². The Balaban J connectivity index is 2.50. The summed E-state index contributed by atoms with van der Waals surface area (Å²) in [4.78, 5) is 3.38. The minimum Gasteiger partial charge on any atom is -0.324 e. The Morgan fingerprint density at radius 3 is 3.08 bits per heavy atom. The van der Waals surface area contributed by atoms with Crippen molar-refractivity contribution in [1.29, 1.82) is 0 Å². The lowest BCUT2D eigenvalue weighted by atomic mass is 10.1. The predicted molar refractivity (Wildman–Crippen MR) is 48.0 cm³/mol. The highest BCUT2D eigenvalue weighted by Gasteiger charge is 2.18. The highest BCUT2D eigenvalue weighted by Crippen LogP contribution is 2.31. The van der Waals surface area contributed by atoms with Crippen molar-refractivity contribution in [2.24, 2.45) is 5.73 Å². The van der Waals surface area contributed by atoms with Gasteiger partial charge in [0.15, 0.2) is 5.69 Å². The summed E-state index contributed by atoms with van der Waals surface area (Å²) in [6.07, 6.45) is 2.05. The van der Waals surface area contributed by atoms with Crippen LogP contribution in [0.5, 0.6) is 0 Å². The molecule has 1 aromatic rings. The van der Waals surface area contributed by atoms with Crippen LogP contribution in [0.2, 0.25) is 0 Å². The van der Waals surface area contributed by atoms with Gasteiger partial charge in [0, 0.05) is 6.04 Å². The van der Waals surface area contributed by atoms with Crippen LogP contribution in [-0.2, 0) is 6.42 Å². The lowest BCUT2D eigenvalue weighted by molar-refractivity contribution is 0.713. The molecular weight excluding hydrogens is 148 g/mol. The first kappa shape index (κ1) is 7.33. The Morgan fingerprint density at radius 1 is 1.50 bits per heavy atom. The number of benzene rings is 1. The molecule has 12 heavy (non-hydrogen) atoms. The van der Waals surface area contributed by atoms with E-state index in [9.17, 15) is 0 Å². The molecule has 0 aliphatic heterocycles. The average molecular weight is 158 g/mol. The summed E-state index contributed by atoms with van der Waals surface area (Å²) in [6.45, 7) is 6.85. The van der Waals surface area contributed by atoms with Crippen LogP contribution in [0.15, 0.2) is 18.2 Å². The van der Waals surface area contributed by atoms with Crippen molar-refractivity contribution in [3.05, 3.63) is 40.7 Å². The first-order valence-corrected chi connectivity index (χ1v) is 4.07. The van der Waals surface area contributed by atoms with E-state index < -0.39 is 0 Å². The summed E-state index contributed by atoms with van der Waals surface area (Å²) in [5.41, 5.74) is 9.07. The van der Waals surface area contributed by atoms with Gasteiger partial charge in [-0.3, -0.25) is 0 Å². The highest BCUT2D eigenvalue weighted by atomic mass is 14.7. The maximum Gasteiger partial charge on any atom is 0.187 e. The molecule has 0 heterocycles. The normalized spacial score (nSPS) is 20.2. The molecule has 0 bridgehead atoms. The van der Waals surface area contributed by atoms with Crippen LogP contribution in [0.4, 0.5) is 5.69 Å². The van der Waals surface area contributed by atoms with Gasteiger partial charge in [-0.05, 0) is 18.4 Å². The molecular formula is C10H10N2. The van der Waals surface area contributed by atoms with E-state index >= 15 is 0 Å². The lowest BCUT2D eigenvalue weighted by Crippen LogP contribution is -2.04. The topological polar surface area (TPSA) is 30.4 Å². The Morgan fingerprint density at radius 2 is 2.33 bits per heavy atom. The number of nitrogens with zero attached hydrogens (tertiary/aromatic N) is 1. The summed E-state index contributed by atoms with van der Waals surface area (Å²) in [7, 11) is 0. The van der Waals surface area contributed by atoms with Gasteiger partial charge in [0.2, 0.25) is 0 Å². The fraction of sp³-hybridized carbons (Fsp3) is 0.300. The second kappa shape index (κ2) is 2.62. The van der Waals surface area contributed by atoms with Gasteiger partial charge in [-0.1, -0.05) is 23.8 Å². The van der Waals surface area contributed by atoms with Crippen molar-refractivity contribution in [2.75, 3.05) is 0 Å². The third-order valence-electron chi connectivity index (χ3n) is 2.38. The van der Waals surface area contributed by atoms with Gasteiger partial charge in [-0.15, -0.1) is 0 Å². The molecule has 0 amide bonds. The molecule has 2 rings (SSSR count). The Hall–Kier alpha value is -1.33. The van der Waals surface area contributed by atoms with E-state index in [1.54, 1.807) is 0 Å². The van der Waals surface area contributed by atoms with Crippen LogP contribution in [0.25, 0.3) is 4.85 Å². The molecule has 2 nitrogen and oxygen atoms in total. The molecule has 1 aliphatic carbocycles. The first-order chi connectivity index (χ1) is 5.81. The second-order valence-electron chi connectivity index (χ2n) is 3.14.